The number of halogens is 2. The second-order valence-electron chi connectivity index (χ2n) is 4.42. The summed E-state index contributed by atoms with van der Waals surface area (Å²) in [6, 6.07) is 8.28. The average molecular weight is 470 g/mol. The topological polar surface area (TPSA) is 50.4 Å². The lowest BCUT2D eigenvalue weighted by Gasteiger charge is -2.10. The lowest BCUT2D eigenvalue weighted by Crippen LogP contribution is -2.33. The van der Waals surface area contributed by atoms with Crippen LogP contribution in [0.15, 0.2) is 50.8 Å². The molecule has 0 saturated heterocycles. The highest BCUT2D eigenvalue weighted by molar-refractivity contribution is 14.0. The van der Waals surface area contributed by atoms with Crippen molar-refractivity contribution < 1.29 is 0 Å². The normalized spacial score (nSPS) is 12.4. The Balaban J connectivity index is 0.00000361. The predicted molar refractivity (Wildman–Crippen MR) is 104 cm³/mol. The third-order valence-corrected chi connectivity index (χ3v) is 3.87. The first kappa shape index (κ1) is 19.8. The van der Waals surface area contributed by atoms with Crippen LogP contribution in [0.3, 0.4) is 0 Å². The van der Waals surface area contributed by atoms with E-state index in [1.54, 1.807) is 11.8 Å². The zero-order valence-corrected chi connectivity index (χ0v) is 16.5. The average Bonchev–Trinajstić information content (AvgIpc) is 2.36. The Kier molecular flexibility index (Phi) is 10.4. The summed E-state index contributed by atoms with van der Waals surface area (Å²) in [7, 11) is 0. The van der Waals surface area contributed by atoms with Crippen molar-refractivity contribution in [2.45, 2.75) is 24.0 Å². The smallest absolute Gasteiger partial charge is 0.188 e. The standard InChI is InChI=1S/C14H20BrN3S.HI/c1-10(2)8-17-14(16)18-9-11(3)19-13-6-4-12(15)5-7-13;/h4-7,11H,1,8-9H2,2-3H3,(H3,16,17,18);1H. The zero-order valence-electron chi connectivity index (χ0n) is 11.7. The summed E-state index contributed by atoms with van der Waals surface area (Å²) in [5, 5.41) is 3.40. The Morgan fingerprint density at radius 2 is 2.05 bits per heavy atom. The van der Waals surface area contributed by atoms with Crippen molar-refractivity contribution in [2.75, 3.05) is 13.1 Å². The predicted octanol–water partition coefficient (Wildman–Crippen LogP) is 4.03. The number of benzene rings is 1. The molecule has 1 rings (SSSR count). The number of hydrogen-bond donors (Lipinski definition) is 2. The Labute approximate surface area is 151 Å². The van der Waals surface area contributed by atoms with Crippen LogP contribution in [0.1, 0.15) is 13.8 Å². The number of nitrogens with one attached hydrogen (secondary N) is 1. The fraction of sp³-hybridized carbons (Fsp3) is 0.357. The van der Waals surface area contributed by atoms with Gasteiger partial charge in [0.1, 0.15) is 0 Å². The van der Waals surface area contributed by atoms with E-state index < -0.39 is 0 Å². The van der Waals surface area contributed by atoms with Crippen molar-refractivity contribution in [1.29, 1.82) is 0 Å². The molecule has 0 fully saturated rings. The van der Waals surface area contributed by atoms with Gasteiger partial charge in [-0.25, -0.2) is 0 Å². The minimum absolute atomic E-state index is 0. The number of rotatable bonds is 6. The van der Waals surface area contributed by atoms with Crippen LogP contribution >= 0.6 is 51.7 Å². The van der Waals surface area contributed by atoms with Crippen LogP contribution in [0.4, 0.5) is 0 Å². The van der Waals surface area contributed by atoms with Gasteiger partial charge in [-0.1, -0.05) is 35.0 Å². The maximum absolute atomic E-state index is 5.77. The third kappa shape index (κ3) is 8.86. The summed E-state index contributed by atoms with van der Waals surface area (Å²) in [4.78, 5) is 5.56. The second kappa shape index (κ2) is 10.5. The zero-order chi connectivity index (χ0) is 14.3. The summed E-state index contributed by atoms with van der Waals surface area (Å²) in [5.41, 5.74) is 6.80. The van der Waals surface area contributed by atoms with Crippen molar-refractivity contribution in [3.05, 3.63) is 40.9 Å². The van der Waals surface area contributed by atoms with Crippen molar-refractivity contribution in [3.8, 4) is 0 Å². The van der Waals surface area contributed by atoms with E-state index in [2.05, 4.69) is 51.9 Å². The van der Waals surface area contributed by atoms with E-state index in [4.69, 9.17) is 5.73 Å². The number of guanidine groups is 1. The molecule has 0 amide bonds. The first-order valence-electron chi connectivity index (χ1n) is 6.07. The van der Waals surface area contributed by atoms with E-state index in [1.807, 2.05) is 19.1 Å². The maximum atomic E-state index is 5.77. The van der Waals surface area contributed by atoms with Gasteiger partial charge in [-0.2, -0.15) is 0 Å². The number of thioether (sulfide) groups is 1. The van der Waals surface area contributed by atoms with Gasteiger partial charge in [-0.05, 0) is 31.2 Å². The molecule has 1 atom stereocenters. The van der Waals surface area contributed by atoms with Crippen LogP contribution in [0.25, 0.3) is 0 Å². The highest BCUT2D eigenvalue weighted by atomic mass is 127. The molecule has 0 spiro atoms. The van der Waals surface area contributed by atoms with Gasteiger partial charge in [0.15, 0.2) is 5.96 Å². The lowest BCUT2D eigenvalue weighted by atomic mass is 10.3. The maximum Gasteiger partial charge on any atom is 0.188 e. The highest BCUT2D eigenvalue weighted by Gasteiger charge is 2.04. The van der Waals surface area contributed by atoms with E-state index >= 15 is 0 Å². The molecule has 6 heteroatoms. The SMILES string of the molecule is C=C(C)CNC(N)=NCC(C)Sc1ccc(Br)cc1.I. The van der Waals surface area contributed by atoms with Gasteiger partial charge in [-0.3, -0.25) is 4.99 Å². The molecule has 1 aromatic rings. The Morgan fingerprint density at radius 3 is 2.60 bits per heavy atom. The van der Waals surface area contributed by atoms with E-state index in [0.717, 1.165) is 10.0 Å². The molecule has 3 N–H and O–H groups in total. The summed E-state index contributed by atoms with van der Waals surface area (Å²) in [6.07, 6.45) is 0. The van der Waals surface area contributed by atoms with Gasteiger partial charge >= 0.3 is 0 Å². The molecule has 0 saturated carbocycles. The molecule has 1 aromatic carbocycles. The van der Waals surface area contributed by atoms with Crippen molar-refractivity contribution >= 4 is 57.6 Å². The van der Waals surface area contributed by atoms with Gasteiger partial charge < -0.3 is 11.1 Å². The minimum atomic E-state index is 0. The minimum Gasteiger partial charge on any atom is -0.370 e. The van der Waals surface area contributed by atoms with Crippen molar-refractivity contribution in [2.24, 2.45) is 10.7 Å². The summed E-state index contributed by atoms with van der Waals surface area (Å²) < 4.78 is 1.09. The molecule has 112 valence electrons. The van der Waals surface area contributed by atoms with Crippen molar-refractivity contribution in [1.82, 2.24) is 5.32 Å². The largest absolute Gasteiger partial charge is 0.370 e. The van der Waals surface area contributed by atoms with Crippen LogP contribution < -0.4 is 11.1 Å². The van der Waals surface area contributed by atoms with Crippen LogP contribution in [-0.2, 0) is 0 Å². The monoisotopic (exact) mass is 469 g/mol. The van der Waals surface area contributed by atoms with Crippen LogP contribution in [0.5, 0.6) is 0 Å². The van der Waals surface area contributed by atoms with Crippen molar-refractivity contribution in [3.63, 3.8) is 0 Å². The first-order valence-corrected chi connectivity index (χ1v) is 7.75. The Bertz CT molecular complexity index is 448. The third-order valence-electron chi connectivity index (χ3n) is 2.24. The fourth-order valence-corrected chi connectivity index (χ4v) is 2.48. The van der Waals surface area contributed by atoms with Gasteiger partial charge in [0, 0.05) is 21.2 Å². The molecule has 1 unspecified atom stereocenters. The molecule has 0 aliphatic carbocycles. The van der Waals surface area contributed by atoms with E-state index in [9.17, 15) is 0 Å². The molecule has 0 bridgehead atoms. The molecule has 0 radical (unpaired) electrons. The van der Waals surface area contributed by atoms with Crippen LogP contribution in [0.2, 0.25) is 0 Å². The number of nitrogens with two attached hydrogens (primary N) is 1. The van der Waals surface area contributed by atoms with Crippen LogP contribution in [0, 0.1) is 0 Å². The van der Waals surface area contributed by atoms with Gasteiger partial charge in [0.05, 0.1) is 6.54 Å². The Hall–Kier alpha value is -0.210. The Morgan fingerprint density at radius 1 is 1.45 bits per heavy atom. The number of nitrogens with zero attached hydrogens (tertiary/aromatic N) is 1. The summed E-state index contributed by atoms with van der Waals surface area (Å²) in [6.45, 7) is 9.26. The van der Waals surface area contributed by atoms with E-state index in [-0.39, 0.29) is 24.0 Å². The van der Waals surface area contributed by atoms with Gasteiger partial charge in [0.25, 0.3) is 0 Å². The first-order chi connectivity index (χ1) is 8.97. The summed E-state index contributed by atoms with van der Waals surface area (Å²) in [5.74, 6) is 0.478. The van der Waals surface area contributed by atoms with E-state index in [1.165, 1.54) is 4.90 Å². The van der Waals surface area contributed by atoms with E-state index in [0.29, 0.717) is 24.3 Å². The molecule has 0 aliphatic heterocycles. The summed E-state index contributed by atoms with van der Waals surface area (Å²) >= 11 is 5.22. The number of aliphatic imine (C=N–C) groups is 1. The molecular weight excluding hydrogens is 449 g/mol. The molecule has 0 aliphatic rings. The van der Waals surface area contributed by atoms with Crippen LogP contribution in [-0.4, -0.2) is 24.3 Å². The second-order valence-corrected chi connectivity index (χ2v) is 6.85. The molecule has 3 nitrogen and oxygen atoms in total. The fourth-order valence-electron chi connectivity index (χ4n) is 1.31. The quantitative estimate of drug-likeness (QED) is 0.217. The van der Waals surface area contributed by atoms with Gasteiger partial charge in [-0.15, -0.1) is 35.7 Å². The lowest BCUT2D eigenvalue weighted by molar-refractivity contribution is 0.907. The van der Waals surface area contributed by atoms with Gasteiger partial charge in [0.2, 0.25) is 0 Å². The number of hydrogen-bond acceptors (Lipinski definition) is 2. The molecule has 0 aromatic heterocycles. The molecule has 0 heterocycles. The highest BCUT2D eigenvalue weighted by Crippen LogP contribution is 2.24. The molecule has 20 heavy (non-hydrogen) atoms. The molecular formula is C14H21BrIN3S.